The first-order valence-electron chi connectivity index (χ1n) is 4.49. The zero-order valence-electron chi connectivity index (χ0n) is 8.35. The van der Waals surface area contributed by atoms with Crippen molar-refractivity contribution in [1.82, 2.24) is 0 Å². The van der Waals surface area contributed by atoms with Crippen molar-refractivity contribution >= 4 is 15.9 Å². The average molecular weight is 261 g/mol. The van der Waals surface area contributed by atoms with E-state index in [1.165, 1.54) is 6.07 Å². The molecule has 0 saturated heterocycles. The number of hydrogen-bond donors (Lipinski definition) is 1. The van der Waals surface area contributed by atoms with Gasteiger partial charge >= 0.3 is 0 Å². The first-order valence-corrected chi connectivity index (χ1v) is 5.29. The van der Waals surface area contributed by atoms with Crippen LogP contribution in [0.3, 0.4) is 0 Å². The molecule has 1 aromatic rings. The molecule has 78 valence electrons. The minimum Gasteiger partial charge on any atom is -0.396 e. The topological polar surface area (TPSA) is 20.2 Å². The highest BCUT2D eigenvalue weighted by Gasteiger charge is 2.19. The fourth-order valence-corrected chi connectivity index (χ4v) is 1.66. The second-order valence-electron chi connectivity index (χ2n) is 4.23. The molecule has 0 unspecified atom stereocenters. The van der Waals surface area contributed by atoms with Crippen LogP contribution in [0, 0.1) is 11.2 Å². The third-order valence-corrected chi connectivity index (χ3v) is 2.60. The number of aliphatic hydroxyl groups excluding tert-OH is 1. The highest BCUT2D eigenvalue weighted by atomic mass is 79.9. The van der Waals surface area contributed by atoms with Gasteiger partial charge in [-0.05, 0) is 35.6 Å². The van der Waals surface area contributed by atoms with Gasteiger partial charge in [-0.15, -0.1) is 0 Å². The van der Waals surface area contributed by atoms with Gasteiger partial charge in [0, 0.05) is 11.1 Å². The smallest absolute Gasteiger partial charge is 0.126 e. The van der Waals surface area contributed by atoms with Crippen LogP contribution in [0.15, 0.2) is 22.7 Å². The van der Waals surface area contributed by atoms with Crippen LogP contribution in [0.1, 0.15) is 19.4 Å². The summed E-state index contributed by atoms with van der Waals surface area (Å²) in [5, 5.41) is 9.08. The first-order chi connectivity index (χ1) is 6.44. The van der Waals surface area contributed by atoms with Crippen LogP contribution in [-0.2, 0) is 6.42 Å². The second kappa shape index (κ2) is 4.41. The Balaban J connectivity index is 2.91. The maximum atomic E-state index is 13.3. The predicted molar refractivity (Wildman–Crippen MR) is 58.7 cm³/mol. The SMILES string of the molecule is CC(C)(CO)Cc1cc(Br)ccc1F. The van der Waals surface area contributed by atoms with E-state index >= 15 is 0 Å². The normalized spacial score (nSPS) is 11.8. The lowest BCUT2D eigenvalue weighted by molar-refractivity contribution is 0.158. The lowest BCUT2D eigenvalue weighted by Crippen LogP contribution is -2.20. The van der Waals surface area contributed by atoms with Gasteiger partial charge in [-0.2, -0.15) is 0 Å². The fourth-order valence-electron chi connectivity index (χ4n) is 1.25. The van der Waals surface area contributed by atoms with Crippen molar-refractivity contribution in [3.8, 4) is 0 Å². The van der Waals surface area contributed by atoms with Crippen molar-refractivity contribution < 1.29 is 9.50 Å². The van der Waals surface area contributed by atoms with Gasteiger partial charge < -0.3 is 5.11 Å². The van der Waals surface area contributed by atoms with E-state index in [-0.39, 0.29) is 17.8 Å². The third kappa shape index (κ3) is 3.07. The fraction of sp³-hybridized carbons (Fsp3) is 0.455. The molecule has 0 bridgehead atoms. The second-order valence-corrected chi connectivity index (χ2v) is 5.15. The molecule has 0 amide bonds. The summed E-state index contributed by atoms with van der Waals surface area (Å²) in [5.74, 6) is -0.213. The van der Waals surface area contributed by atoms with Gasteiger partial charge in [-0.25, -0.2) is 4.39 Å². The van der Waals surface area contributed by atoms with E-state index in [0.717, 1.165) is 4.47 Å². The molecule has 0 fully saturated rings. The molecule has 1 aromatic carbocycles. The van der Waals surface area contributed by atoms with Gasteiger partial charge in [0.25, 0.3) is 0 Å². The van der Waals surface area contributed by atoms with E-state index in [9.17, 15) is 4.39 Å². The number of hydrogen-bond acceptors (Lipinski definition) is 1. The van der Waals surface area contributed by atoms with E-state index in [2.05, 4.69) is 15.9 Å². The molecule has 3 heteroatoms. The van der Waals surface area contributed by atoms with Crippen molar-refractivity contribution in [2.45, 2.75) is 20.3 Å². The minimum atomic E-state index is -0.276. The first kappa shape index (κ1) is 11.7. The molecule has 1 rings (SSSR count). The molecule has 0 aliphatic carbocycles. The van der Waals surface area contributed by atoms with Gasteiger partial charge in [0.1, 0.15) is 5.82 Å². The van der Waals surface area contributed by atoms with Crippen LogP contribution in [0.5, 0.6) is 0 Å². The van der Waals surface area contributed by atoms with E-state index in [1.807, 2.05) is 13.8 Å². The summed E-state index contributed by atoms with van der Waals surface area (Å²) < 4.78 is 14.2. The molecule has 0 aliphatic heterocycles. The molecule has 1 N–H and O–H groups in total. The lowest BCUT2D eigenvalue weighted by atomic mass is 9.86. The average Bonchev–Trinajstić information content (AvgIpc) is 2.11. The molecular weight excluding hydrogens is 247 g/mol. The van der Waals surface area contributed by atoms with Crippen molar-refractivity contribution in [1.29, 1.82) is 0 Å². The van der Waals surface area contributed by atoms with Crippen molar-refractivity contribution in [3.05, 3.63) is 34.1 Å². The van der Waals surface area contributed by atoms with E-state index in [1.54, 1.807) is 12.1 Å². The highest BCUT2D eigenvalue weighted by molar-refractivity contribution is 9.10. The molecule has 0 spiro atoms. The summed E-state index contributed by atoms with van der Waals surface area (Å²) in [6, 6.07) is 4.87. The molecular formula is C11H14BrFO. The van der Waals surface area contributed by atoms with Gasteiger partial charge in [0.15, 0.2) is 0 Å². The minimum absolute atomic E-state index is 0.0545. The molecule has 0 aromatic heterocycles. The maximum absolute atomic E-state index is 13.3. The zero-order valence-corrected chi connectivity index (χ0v) is 9.94. The van der Waals surface area contributed by atoms with Crippen LogP contribution in [0.25, 0.3) is 0 Å². The molecule has 0 saturated carbocycles. The molecule has 1 nitrogen and oxygen atoms in total. The monoisotopic (exact) mass is 260 g/mol. The Bertz CT molecular complexity index is 323. The van der Waals surface area contributed by atoms with E-state index in [0.29, 0.717) is 12.0 Å². The molecule has 0 atom stereocenters. The van der Waals surface area contributed by atoms with E-state index in [4.69, 9.17) is 5.11 Å². The Hall–Kier alpha value is -0.410. The molecule has 0 radical (unpaired) electrons. The molecule has 0 heterocycles. The Kier molecular flexibility index (Phi) is 3.67. The van der Waals surface area contributed by atoms with Gasteiger partial charge in [0.2, 0.25) is 0 Å². The van der Waals surface area contributed by atoms with Gasteiger partial charge in [0.05, 0.1) is 0 Å². The summed E-state index contributed by atoms with van der Waals surface area (Å²) in [7, 11) is 0. The summed E-state index contributed by atoms with van der Waals surface area (Å²) in [6.07, 6.45) is 0.536. The van der Waals surface area contributed by atoms with Crippen LogP contribution in [-0.4, -0.2) is 11.7 Å². The molecule has 0 aliphatic rings. The predicted octanol–water partition coefficient (Wildman–Crippen LogP) is 3.15. The Morgan fingerprint density at radius 2 is 2.07 bits per heavy atom. The van der Waals surface area contributed by atoms with Gasteiger partial charge in [-0.1, -0.05) is 29.8 Å². The Morgan fingerprint density at radius 3 is 2.64 bits per heavy atom. The summed E-state index contributed by atoms with van der Waals surface area (Å²) in [5.41, 5.74) is 0.361. The summed E-state index contributed by atoms with van der Waals surface area (Å²) >= 11 is 3.30. The number of benzene rings is 1. The Labute approximate surface area is 92.1 Å². The quantitative estimate of drug-likeness (QED) is 0.886. The largest absolute Gasteiger partial charge is 0.396 e. The third-order valence-electron chi connectivity index (χ3n) is 2.10. The van der Waals surface area contributed by atoms with Gasteiger partial charge in [-0.3, -0.25) is 0 Å². The molecule has 14 heavy (non-hydrogen) atoms. The number of rotatable bonds is 3. The van der Waals surface area contributed by atoms with Crippen molar-refractivity contribution in [2.24, 2.45) is 5.41 Å². The van der Waals surface area contributed by atoms with Crippen molar-refractivity contribution in [3.63, 3.8) is 0 Å². The summed E-state index contributed by atoms with van der Waals surface area (Å²) in [6.45, 7) is 3.87. The lowest BCUT2D eigenvalue weighted by Gasteiger charge is -2.21. The van der Waals surface area contributed by atoms with E-state index < -0.39 is 0 Å². The standard InChI is InChI=1S/C11H14BrFO/c1-11(2,7-14)6-8-5-9(12)3-4-10(8)13/h3-5,14H,6-7H2,1-2H3. The van der Waals surface area contributed by atoms with Crippen LogP contribution >= 0.6 is 15.9 Å². The summed E-state index contributed by atoms with van der Waals surface area (Å²) in [4.78, 5) is 0. The maximum Gasteiger partial charge on any atom is 0.126 e. The van der Waals surface area contributed by atoms with Crippen LogP contribution in [0.4, 0.5) is 4.39 Å². The van der Waals surface area contributed by atoms with Crippen molar-refractivity contribution in [2.75, 3.05) is 6.61 Å². The Morgan fingerprint density at radius 1 is 1.43 bits per heavy atom. The van der Waals surface area contributed by atoms with Crippen LogP contribution in [0.2, 0.25) is 0 Å². The number of halogens is 2. The highest BCUT2D eigenvalue weighted by Crippen LogP contribution is 2.24. The van der Waals surface area contributed by atoms with Crippen LogP contribution < -0.4 is 0 Å². The number of aliphatic hydroxyl groups is 1. The zero-order chi connectivity index (χ0) is 10.8.